The lowest BCUT2D eigenvalue weighted by Crippen LogP contribution is -2.25. The Kier molecular flexibility index (Phi) is 30.5. The molecule has 3 aliphatic rings. The van der Waals surface area contributed by atoms with Gasteiger partial charge >= 0.3 is 6.18 Å². The number of imidazole rings is 2. The number of aromatic nitrogens is 15. The van der Waals surface area contributed by atoms with Crippen LogP contribution in [0.2, 0.25) is 0 Å². The molecule has 37 heteroatoms. The lowest BCUT2D eigenvalue weighted by molar-refractivity contribution is -0.154. The van der Waals surface area contributed by atoms with Crippen molar-refractivity contribution in [1.29, 1.82) is 0 Å². The van der Waals surface area contributed by atoms with Gasteiger partial charge in [-0.2, -0.15) is 18.3 Å². The highest BCUT2D eigenvalue weighted by molar-refractivity contribution is 5.98. The van der Waals surface area contributed by atoms with E-state index in [2.05, 4.69) is 133 Å². The number of hydrogen-bond donors (Lipinski definition) is 7. The average Bonchev–Trinajstić information content (AvgIpc) is 1.39. The monoisotopic (exact) mass is 2030 g/mol. The highest BCUT2D eigenvalue weighted by Gasteiger charge is 2.34. The van der Waals surface area contributed by atoms with Gasteiger partial charge in [-0.1, -0.05) is 12.1 Å². The summed E-state index contributed by atoms with van der Waals surface area (Å²) >= 11 is 0. The molecule has 19 aromatic rings. The Morgan fingerprint density at radius 1 is 0.387 bits per heavy atom. The summed E-state index contributed by atoms with van der Waals surface area (Å²) in [5.41, 5.74) is 30.5. The number of benzene rings is 7. The fourth-order valence-electron chi connectivity index (χ4n) is 17.8. The van der Waals surface area contributed by atoms with Gasteiger partial charge < -0.3 is 70.5 Å². The lowest BCUT2D eigenvalue weighted by atomic mass is 10.0. The van der Waals surface area contributed by atoms with Crippen LogP contribution in [0.25, 0.3) is 132 Å². The molecule has 9 N–H and O–H groups in total. The molecule has 15 heterocycles. The van der Waals surface area contributed by atoms with E-state index in [4.69, 9.17) is 39.9 Å². The van der Waals surface area contributed by atoms with Crippen LogP contribution in [0.1, 0.15) is 96.4 Å². The first-order valence-electron chi connectivity index (χ1n) is 48.3. The Labute approximate surface area is 855 Å². The molecule has 32 nitrogen and oxygen atoms in total. The number of aromatic amines is 2. The number of ether oxygens (including phenoxy) is 7. The second-order valence-corrected chi connectivity index (χ2v) is 36.7. The minimum atomic E-state index is -4.42. The zero-order chi connectivity index (χ0) is 105. The molecule has 762 valence electrons. The van der Waals surface area contributed by atoms with E-state index in [1.54, 1.807) is 85.8 Å². The van der Waals surface area contributed by atoms with Crippen molar-refractivity contribution in [3.63, 3.8) is 0 Å². The molecule has 3 aliphatic heterocycles. The normalized spacial score (nSPS) is 14.9. The number of fused-ring (bicyclic) bond motifs is 7. The topological polar surface area (TPSA) is 429 Å². The minimum absolute atomic E-state index is 0.0135. The van der Waals surface area contributed by atoms with Crippen LogP contribution in [0.15, 0.2) is 268 Å². The molecule has 0 radical (unpaired) electrons. The third-order valence-electron chi connectivity index (χ3n) is 25.8. The van der Waals surface area contributed by atoms with Gasteiger partial charge in [-0.15, -0.1) is 0 Å². The summed E-state index contributed by atoms with van der Waals surface area (Å²) in [5, 5.41) is 17.3. The molecule has 0 unspecified atom stereocenters. The van der Waals surface area contributed by atoms with Crippen molar-refractivity contribution in [2.45, 2.75) is 111 Å². The number of halogens is 5. The molecule has 0 aliphatic carbocycles. The van der Waals surface area contributed by atoms with Crippen molar-refractivity contribution in [3.8, 4) is 96.1 Å². The number of nitrogens with two attached hydrogens (primary N) is 2. The number of amides is 5. The van der Waals surface area contributed by atoms with Gasteiger partial charge in [-0.25, -0.2) is 28.7 Å². The van der Waals surface area contributed by atoms with E-state index in [0.29, 0.717) is 89.7 Å². The number of rotatable bonds is 27. The molecular formula is C113H103F5N20O12. The number of hydrogen-bond acceptors (Lipinski definition) is 24. The maximum atomic E-state index is 13.0. The van der Waals surface area contributed by atoms with E-state index >= 15 is 0 Å². The first-order valence-corrected chi connectivity index (χ1v) is 48.3. The second kappa shape index (κ2) is 44.9. The Morgan fingerprint density at radius 3 is 1.05 bits per heavy atom. The number of alkyl halides is 5. The highest BCUT2D eigenvalue weighted by Crippen LogP contribution is 2.42. The zero-order valence-electron chi connectivity index (χ0n) is 82.7. The number of carbonyl (C=O) groups is 5. The van der Waals surface area contributed by atoms with E-state index in [1.165, 1.54) is 24.5 Å². The SMILES string of the molecule is CC(F)(F)COc1ccc(-c2cc(OCc3ncccc3C(N)=O)c3cccnc3c2)cn1.C[C@@H](Oc1cc(-c2ccc(OCC(F)(F)F)nc2)cc2ncccc12)[C@H]1CNC(=O)C1.Cc1c(-c2cc(O[C@H](C)[C@H]3CNC(=O)C3)c3cccnc3c2)cnn1C.Cc1nc2ccc(-c3cc(OCc4ncccc4C(N)=O)c4cccnc4c3)cc2[nH]1.Cc1nc2ccc(-c3cc(O[C@H](C)[C@H]4CNC(=O)C4)c4cccnc4c3)cc2[nH]1. The number of primary amides is 2. The Morgan fingerprint density at radius 2 is 0.720 bits per heavy atom. The average molecular weight is 2030 g/mol. The number of carbonyl (C=O) groups excluding carboxylic acids is 5. The highest BCUT2D eigenvalue weighted by atomic mass is 19.4. The first kappa shape index (κ1) is 102. The number of pyridine rings is 9. The Hall–Kier alpha value is -18.1. The number of nitrogens with one attached hydrogen (secondary N) is 5. The second-order valence-electron chi connectivity index (χ2n) is 36.7. The van der Waals surface area contributed by atoms with E-state index in [9.17, 15) is 45.9 Å². The smallest absolute Gasteiger partial charge is 0.422 e. The van der Waals surface area contributed by atoms with Crippen molar-refractivity contribution >= 4 is 106 Å². The van der Waals surface area contributed by atoms with Gasteiger partial charge in [0.25, 0.3) is 17.7 Å². The number of H-pyrrole nitrogens is 2. The van der Waals surface area contributed by atoms with Gasteiger partial charge in [0.15, 0.2) is 13.2 Å². The minimum Gasteiger partial charge on any atom is -0.490 e. The molecule has 12 aromatic heterocycles. The standard InChI is InChI=1S/C24H20F2N4O3.C24H19N5O2.C23H22N4O2.C22H20F3N3O3.C20H22N4O2/c1-24(25,26)14-33-22-7-6-15(12-30-22)16-10-19-17(4-2-8-28-19)21(11-16)32-13-20-18(23(27)31)5-3-9-29-20;1-14-28-19-7-6-15(10-21(19)29-14)16-11-20-17(4-2-8-26-20)23(12-16)31-13-22-18(24(25)30)5-3-9-27-22;1-13(17-11-23(28)25-12-17)29-22-10-16(9-20-18(22)4-3-7-24-20)15-5-6-19-21(8-15)27-14(2)26-19;1-13(16-9-20(29)27-11-16)31-19-8-15(7-18-17(19)3-2-6-26-18)14-4-5-21(28-10-14)30-12-22(23,24)25;1-12-17(11-23-24(12)3)14-7-18-16(5-4-6-21-18)19(8-14)26-13(2)15-9-20(25)22-10-15/h2-12H,13-14H2,1H3,(H2,27,31);2-12H,13H2,1H3,(H2,25,30)(H,28,29);3-10,13,17H,11-12H2,1-2H3,(H,25,28)(H,26,27);2-8,10,13,16H,9,11-12H2,1H3,(H,27,29);4-8,11,13,15H,9-10H2,1-3H3,(H,22,25)/t;;13-,17-;13-,16-;13-,15-/m..111/s1. The molecule has 3 saturated heterocycles. The maximum absolute atomic E-state index is 13.0. The third kappa shape index (κ3) is 24.8. The third-order valence-corrected chi connectivity index (χ3v) is 25.8. The van der Waals surface area contributed by atoms with E-state index in [1.807, 2.05) is 169 Å². The first-order chi connectivity index (χ1) is 72.2. The van der Waals surface area contributed by atoms with Gasteiger partial charge in [-0.05, 0) is 262 Å². The largest absolute Gasteiger partial charge is 0.490 e. The maximum Gasteiger partial charge on any atom is 0.422 e. The molecule has 22 rings (SSSR count). The Bertz CT molecular complexity index is 8230. The molecular weight excluding hydrogens is 1920 g/mol. The van der Waals surface area contributed by atoms with Crippen molar-refractivity contribution in [3.05, 3.63) is 308 Å². The lowest BCUT2D eigenvalue weighted by Gasteiger charge is -2.21. The predicted octanol–water partition coefficient (Wildman–Crippen LogP) is 19.5. The molecule has 3 fully saturated rings. The summed E-state index contributed by atoms with van der Waals surface area (Å²) in [7, 11) is 1.93. The Balaban J connectivity index is 0.000000123. The van der Waals surface area contributed by atoms with Crippen molar-refractivity contribution in [2.75, 3.05) is 32.8 Å². The van der Waals surface area contributed by atoms with Crippen molar-refractivity contribution < 1.29 is 79.1 Å². The summed E-state index contributed by atoms with van der Waals surface area (Å²) in [4.78, 5) is 112. The van der Waals surface area contributed by atoms with Crippen LogP contribution in [0.5, 0.6) is 40.5 Å². The fourth-order valence-corrected chi connectivity index (χ4v) is 17.8. The molecule has 0 saturated carbocycles. The quantitative estimate of drug-likeness (QED) is 0.0235. The van der Waals surface area contributed by atoms with Crippen LogP contribution >= 0.6 is 0 Å². The van der Waals surface area contributed by atoms with E-state index < -0.39 is 37.1 Å². The summed E-state index contributed by atoms with van der Waals surface area (Å²) in [6.45, 7) is 12.6. The number of nitrogens with zero attached hydrogens (tertiary/aromatic N) is 13. The molecule has 0 bridgehead atoms. The van der Waals surface area contributed by atoms with E-state index in [-0.39, 0.29) is 84.3 Å². The van der Waals surface area contributed by atoms with Crippen LogP contribution in [0.4, 0.5) is 22.0 Å². The molecule has 150 heavy (non-hydrogen) atoms. The van der Waals surface area contributed by atoms with Gasteiger partial charge in [0.05, 0.1) is 78.4 Å². The molecule has 6 atom stereocenters. The molecule has 5 amide bonds. The van der Waals surface area contributed by atoms with Crippen LogP contribution in [-0.4, -0.2) is 167 Å². The molecule has 7 aromatic carbocycles. The van der Waals surface area contributed by atoms with Crippen LogP contribution in [0.3, 0.4) is 0 Å². The number of aryl methyl sites for hydroxylation is 3. The predicted molar refractivity (Wildman–Crippen MR) is 557 cm³/mol. The van der Waals surface area contributed by atoms with Crippen LogP contribution < -0.4 is 60.6 Å². The summed E-state index contributed by atoms with van der Waals surface area (Å²) in [6.07, 6.45) is 13.4. The van der Waals surface area contributed by atoms with Crippen molar-refractivity contribution in [1.82, 2.24) is 90.5 Å². The zero-order valence-corrected chi connectivity index (χ0v) is 82.7. The molecule has 0 spiro atoms. The van der Waals surface area contributed by atoms with Gasteiger partial charge in [0.2, 0.25) is 29.5 Å². The van der Waals surface area contributed by atoms with E-state index in [0.717, 1.165) is 151 Å². The summed E-state index contributed by atoms with van der Waals surface area (Å²) in [5.74, 6) is 1.69. The summed E-state index contributed by atoms with van der Waals surface area (Å²) in [6, 6.07) is 63.8. The van der Waals surface area contributed by atoms with Crippen LogP contribution in [-0.2, 0) is 34.6 Å². The summed E-state index contributed by atoms with van der Waals surface area (Å²) < 4.78 is 106. The van der Waals surface area contributed by atoms with Gasteiger partial charge in [0, 0.05) is 188 Å². The van der Waals surface area contributed by atoms with Crippen LogP contribution in [0, 0.1) is 38.5 Å². The van der Waals surface area contributed by atoms with Gasteiger partial charge in [0.1, 0.15) is 71.9 Å². The fraction of sp³-hybridized carbons (Fsp3) is 0.230. The van der Waals surface area contributed by atoms with Crippen molar-refractivity contribution in [2.24, 2.45) is 36.3 Å². The van der Waals surface area contributed by atoms with Gasteiger partial charge in [-0.3, -0.25) is 63.5 Å².